The molecule has 10 heavy (non-hydrogen) atoms. The highest BCUT2D eigenvalue weighted by Crippen LogP contribution is 2.20. The molecule has 0 N–H and O–H groups in total. The number of hydrogen-bond donors (Lipinski definition) is 0. The van der Waals surface area contributed by atoms with Gasteiger partial charge in [0, 0.05) is 5.33 Å². The van der Waals surface area contributed by atoms with E-state index in [1.807, 2.05) is 12.1 Å². The molecule has 0 aromatic carbocycles. The Morgan fingerprint density at radius 3 is 2.70 bits per heavy atom. The van der Waals surface area contributed by atoms with E-state index in [1.165, 1.54) is 0 Å². The van der Waals surface area contributed by atoms with E-state index in [-0.39, 0.29) is 0 Å². The zero-order valence-corrected chi connectivity index (χ0v) is 8.87. The van der Waals surface area contributed by atoms with Crippen LogP contribution in [0.1, 0.15) is 5.69 Å². The number of hydrogen-bond acceptors (Lipinski definition) is 1. The van der Waals surface area contributed by atoms with Crippen molar-refractivity contribution < 1.29 is 0 Å². The topological polar surface area (TPSA) is 12.9 Å². The van der Waals surface area contributed by atoms with Crippen LogP contribution >= 0.6 is 43.5 Å². The molecular weight excluding hydrogens is 281 g/mol. The van der Waals surface area contributed by atoms with Crippen LogP contribution in [0.2, 0.25) is 5.02 Å². The van der Waals surface area contributed by atoms with Crippen molar-refractivity contribution in [2.24, 2.45) is 0 Å². The zero-order chi connectivity index (χ0) is 7.56. The summed E-state index contributed by atoms with van der Waals surface area (Å²) >= 11 is 12.2. The summed E-state index contributed by atoms with van der Waals surface area (Å²) in [4.78, 5) is 4.13. The highest BCUT2D eigenvalue weighted by Gasteiger charge is 1.97. The molecule has 4 heteroatoms. The molecule has 0 radical (unpaired) electrons. The van der Waals surface area contributed by atoms with Crippen molar-refractivity contribution >= 4 is 43.5 Å². The lowest BCUT2D eigenvalue weighted by molar-refractivity contribution is 1.15. The molecule has 1 aromatic heterocycles. The second-order valence-electron chi connectivity index (χ2n) is 1.71. The highest BCUT2D eigenvalue weighted by molar-refractivity contribution is 9.10. The van der Waals surface area contributed by atoms with Gasteiger partial charge in [0.2, 0.25) is 0 Å². The molecule has 1 rings (SSSR count). The molecule has 0 saturated carbocycles. The zero-order valence-electron chi connectivity index (χ0n) is 4.94. The summed E-state index contributed by atoms with van der Waals surface area (Å²) in [6, 6.07) is 3.69. The largest absolute Gasteiger partial charge is 0.243 e. The molecule has 0 amide bonds. The molecule has 1 aromatic rings. The quantitative estimate of drug-likeness (QED) is 0.569. The van der Waals surface area contributed by atoms with Gasteiger partial charge < -0.3 is 0 Å². The fourth-order valence-corrected chi connectivity index (χ4v) is 1.31. The molecule has 0 saturated heterocycles. The molecule has 0 fully saturated rings. The smallest absolute Gasteiger partial charge is 0.125 e. The fraction of sp³-hybridized carbons (Fsp3) is 0.167. The molecule has 54 valence electrons. The number of alkyl halides is 1. The summed E-state index contributed by atoms with van der Waals surface area (Å²) in [5.74, 6) is 0. The first-order chi connectivity index (χ1) is 4.74. The molecular formula is C6H4Br2ClN. The molecule has 0 spiro atoms. The molecule has 1 heterocycles. The van der Waals surface area contributed by atoms with Crippen LogP contribution in [0.3, 0.4) is 0 Å². The number of rotatable bonds is 1. The Labute approximate surface area is 81.1 Å². The minimum absolute atomic E-state index is 0.643. The van der Waals surface area contributed by atoms with E-state index in [0.29, 0.717) is 9.63 Å². The van der Waals surface area contributed by atoms with Crippen LogP contribution in [0, 0.1) is 0 Å². The van der Waals surface area contributed by atoms with Crippen LogP contribution in [0.4, 0.5) is 0 Å². The Balaban J connectivity index is 3.04. The van der Waals surface area contributed by atoms with Crippen molar-refractivity contribution in [3.63, 3.8) is 0 Å². The average Bonchev–Trinajstić information content (AvgIpc) is 1.95. The van der Waals surface area contributed by atoms with Crippen LogP contribution in [-0.2, 0) is 5.33 Å². The summed E-state index contributed by atoms with van der Waals surface area (Å²) < 4.78 is 0.700. The van der Waals surface area contributed by atoms with Crippen molar-refractivity contribution in [2.75, 3.05) is 0 Å². The predicted molar refractivity (Wildman–Crippen MR) is 49.6 cm³/mol. The molecule has 0 aliphatic rings. The molecule has 0 aliphatic heterocycles. The van der Waals surface area contributed by atoms with E-state index >= 15 is 0 Å². The molecule has 0 atom stereocenters. The number of pyridine rings is 1. The number of nitrogens with zero attached hydrogens (tertiary/aromatic N) is 1. The second-order valence-corrected chi connectivity index (χ2v) is 3.43. The maximum Gasteiger partial charge on any atom is 0.125 e. The fourth-order valence-electron chi connectivity index (χ4n) is 0.529. The third-order valence-electron chi connectivity index (χ3n) is 0.998. The van der Waals surface area contributed by atoms with Gasteiger partial charge >= 0.3 is 0 Å². The number of aromatic nitrogens is 1. The van der Waals surface area contributed by atoms with E-state index in [1.54, 1.807) is 0 Å². The van der Waals surface area contributed by atoms with Gasteiger partial charge in [-0.05, 0) is 28.1 Å². The van der Waals surface area contributed by atoms with Crippen LogP contribution < -0.4 is 0 Å². The van der Waals surface area contributed by atoms with E-state index in [0.717, 1.165) is 11.0 Å². The van der Waals surface area contributed by atoms with E-state index in [9.17, 15) is 0 Å². The predicted octanol–water partition coefficient (Wildman–Crippen LogP) is 3.39. The van der Waals surface area contributed by atoms with Gasteiger partial charge in [0.15, 0.2) is 0 Å². The number of halogens is 3. The Kier molecular flexibility index (Phi) is 3.14. The first kappa shape index (κ1) is 8.50. The van der Waals surface area contributed by atoms with Gasteiger partial charge in [-0.3, -0.25) is 0 Å². The summed E-state index contributed by atoms with van der Waals surface area (Å²) in [5, 5.41) is 1.40. The summed E-state index contributed by atoms with van der Waals surface area (Å²) in [5.41, 5.74) is 0.969. The molecule has 0 unspecified atom stereocenters. The maximum atomic E-state index is 5.71. The molecule has 0 bridgehead atoms. The van der Waals surface area contributed by atoms with Gasteiger partial charge in [0.1, 0.15) is 4.60 Å². The monoisotopic (exact) mass is 283 g/mol. The Morgan fingerprint density at radius 1 is 1.50 bits per heavy atom. The van der Waals surface area contributed by atoms with Crippen LogP contribution in [0.5, 0.6) is 0 Å². The first-order valence-electron chi connectivity index (χ1n) is 2.61. The lowest BCUT2D eigenvalue weighted by Gasteiger charge is -1.96. The van der Waals surface area contributed by atoms with Crippen molar-refractivity contribution in [1.82, 2.24) is 4.98 Å². The Hall–Kier alpha value is 0.400. The SMILES string of the molecule is Clc1ccc(CBr)nc1Br. The Morgan fingerprint density at radius 2 is 2.20 bits per heavy atom. The van der Waals surface area contributed by atoms with E-state index in [2.05, 4.69) is 36.8 Å². The third-order valence-corrected chi connectivity index (χ3v) is 2.71. The van der Waals surface area contributed by atoms with Crippen LogP contribution in [0.25, 0.3) is 0 Å². The Bertz CT molecular complexity index is 239. The summed E-state index contributed by atoms with van der Waals surface area (Å²) in [6.45, 7) is 0. The molecule has 1 nitrogen and oxygen atoms in total. The van der Waals surface area contributed by atoms with Crippen molar-refractivity contribution in [2.45, 2.75) is 5.33 Å². The van der Waals surface area contributed by atoms with Crippen molar-refractivity contribution in [3.05, 3.63) is 27.5 Å². The lowest BCUT2D eigenvalue weighted by Crippen LogP contribution is -1.84. The first-order valence-corrected chi connectivity index (χ1v) is 4.90. The third kappa shape index (κ3) is 1.94. The van der Waals surface area contributed by atoms with Gasteiger partial charge in [0.25, 0.3) is 0 Å². The summed E-state index contributed by atoms with van der Waals surface area (Å²) in [6.07, 6.45) is 0. The van der Waals surface area contributed by atoms with Gasteiger partial charge in [-0.25, -0.2) is 4.98 Å². The maximum absolute atomic E-state index is 5.71. The normalized spacial score (nSPS) is 9.90. The van der Waals surface area contributed by atoms with E-state index in [4.69, 9.17) is 11.6 Å². The van der Waals surface area contributed by atoms with Gasteiger partial charge in [-0.15, -0.1) is 0 Å². The van der Waals surface area contributed by atoms with Gasteiger partial charge in [-0.1, -0.05) is 27.5 Å². The lowest BCUT2D eigenvalue weighted by atomic mass is 10.4. The van der Waals surface area contributed by atoms with Gasteiger partial charge in [-0.2, -0.15) is 0 Å². The van der Waals surface area contributed by atoms with Crippen LogP contribution in [0.15, 0.2) is 16.7 Å². The van der Waals surface area contributed by atoms with Crippen LogP contribution in [-0.4, -0.2) is 4.98 Å². The second kappa shape index (κ2) is 3.69. The standard InChI is InChI=1S/C6H4Br2ClN/c7-3-4-1-2-5(9)6(8)10-4/h1-2H,3H2. The highest BCUT2D eigenvalue weighted by atomic mass is 79.9. The van der Waals surface area contributed by atoms with E-state index < -0.39 is 0 Å². The van der Waals surface area contributed by atoms with Gasteiger partial charge in [0.05, 0.1) is 10.7 Å². The van der Waals surface area contributed by atoms with Crippen molar-refractivity contribution in [3.8, 4) is 0 Å². The minimum Gasteiger partial charge on any atom is -0.243 e. The average molecular weight is 285 g/mol. The molecule has 0 aliphatic carbocycles. The minimum atomic E-state index is 0.643. The summed E-state index contributed by atoms with van der Waals surface area (Å²) in [7, 11) is 0. The van der Waals surface area contributed by atoms with Crippen molar-refractivity contribution in [1.29, 1.82) is 0 Å².